The van der Waals surface area contributed by atoms with Crippen molar-refractivity contribution in [2.75, 3.05) is 0 Å². The molecule has 2 fully saturated rings. The molecule has 0 spiro atoms. The van der Waals surface area contributed by atoms with E-state index in [4.69, 9.17) is 0 Å². The average molecular weight is 470 g/mol. The highest BCUT2D eigenvalue weighted by molar-refractivity contribution is 5.64. The van der Waals surface area contributed by atoms with Crippen LogP contribution in [0.3, 0.4) is 0 Å². The van der Waals surface area contributed by atoms with Crippen molar-refractivity contribution in [1.82, 2.24) is 0 Å². The van der Waals surface area contributed by atoms with Crippen LogP contribution in [0.15, 0.2) is 48.5 Å². The minimum Gasteiger partial charge on any atom is -0.198 e. The Kier molecular flexibility index (Phi) is 9.48. The first-order valence-corrected chi connectivity index (χ1v) is 14.8. The summed E-state index contributed by atoms with van der Waals surface area (Å²) in [6.45, 7) is 4.53. The van der Waals surface area contributed by atoms with Crippen molar-refractivity contribution in [2.45, 2.75) is 122 Å². The Morgan fingerprint density at radius 3 is 1.69 bits per heavy atom. The summed E-state index contributed by atoms with van der Waals surface area (Å²) in [7, 11) is 0. The van der Waals surface area contributed by atoms with E-state index in [1.807, 2.05) is 0 Å². The molecule has 4 rings (SSSR count). The van der Waals surface area contributed by atoms with Crippen molar-refractivity contribution < 1.29 is 0 Å². The van der Waals surface area contributed by atoms with Crippen LogP contribution in [-0.2, 0) is 0 Å². The Bertz CT molecular complexity index is 916. The molecule has 0 unspecified atom stereocenters. The lowest BCUT2D eigenvalue weighted by Gasteiger charge is -2.35. The van der Waals surface area contributed by atoms with Crippen LogP contribution in [0.25, 0.3) is 11.1 Å². The standard InChI is InChI=1S/C34H47N/c1-3-5-7-8-27-9-11-28(12-10-27)29-13-15-30(16-14-29)31-17-19-32(20-18-31)33-21-24-34(26-35,25-22-33)23-6-4-2/h13-20,27-28,33H,3-12,21-25H2,1-2H3/t27-,28-,33-,34-. The molecular formula is C34H47N. The van der Waals surface area contributed by atoms with E-state index in [1.165, 1.54) is 80.9 Å². The summed E-state index contributed by atoms with van der Waals surface area (Å²) < 4.78 is 0. The quantitative estimate of drug-likeness (QED) is 0.317. The molecule has 0 atom stereocenters. The van der Waals surface area contributed by atoms with Gasteiger partial charge in [-0.05, 0) is 97.8 Å². The van der Waals surface area contributed by atoms with Gasteiger partial charge >= 0.3 is 0 Å². The number of hydrogen-bond donors (Lipinski definition) is 0. The molecule has 0 aromatic heterocycles. The van der Waals surface area contributed by atoms with Crippen molar-refractivity contribution in [3.8, 4) is 17.2 Å². The summed E-state index contributed by atoms with van der Waals surface area (Å²) >= 11 is 0. The van der Waals surface area contributed by atoms with Crippen LogP contribution in [0.4, 0.5) is 0 Å². The first-order chi connectivity index (χ1) is 17.2. The highest BCUT2D eigenvalue weighted by atomic mass is 14.4. The molecule has 0 N–H and O–H groups in total. The first kappa shape index (κ1) is 26.0. The Morgan fingerprint density at radius 2 is 1.20 bits per heavy atom. The molecule has 2 aliphatic rings. The first-order valence-electron chi connectivity index (χ1n) is 14.8. The minimum absolute atomic E-state index is 0.0531. The van der Waals surface area contributed by atoms with Crippen LogP contribution < -0.4 is 0 Å². The normalized spacial score (nSPS) is 26.8. The predicted molar refractivity (Wildman–Crippen MR) is 149 cm³/mol. The highest BCUT2D eigenvalue weighted by Crippen LogP contribution is 2.46. The molecular weight excluding hydrogens is 422 g/mol. The second kappa shape index (κ2) is 12.8. The van der Waals surface area contributed by atoms with Crippen LogP contribution >= 0.6 is 0 Å². The van der Waals surface area contributed by atoms with Gasteiger partial charge in [-0.25, -0.2) is 0 Å². The van der Waals surface area contributed by atoms with Gasteiger partial charge in [-0.15, -0.1) is 0 Å². The molecule has 2 saturated carbocycles. The lowest BCUT2D eigenvalue weighted by atomic mass is 9.67. The molecule has 0 amide bonds. The van der Waals surface area contributed by atoms with Crippen LogP contribution in [-0.4, -0.2) is 0 Å². The van der Waals surface area contributed by atoms with Crippen molar-refractivity contribution in [3.05, 3.63) is 59.7 Å². The maximum absolute atomic E-state index is 9.79. The lowest BCUT2D eigenvalue weighted by molar-refractivity contribution is 0.224. The number of benzene rings is 2. The summed E-state index contributed by atoms with van der Waals surface area (Å²) in [6.07, 6.45) is 19.1. The maximum Gasteiger partial charge on any atom is 0.0689 e. The molecule has 2 aromatic rings. The third kappa shape index (κ3) is 6.78. The molecule has 0 bridgehead atoms. The van der Waals surface area contributed by atoms with Gasteiger partial charge < -0.3 is 0 Å². The van der Waals surface area contributed by atoms with Gasteiger partial charge in [-0.1, -0.05) is 101 Å². The van der Waals surface area contributed by atoms with E-state index in [2.05, 4.69) is 68.4 Å². The van der Waals surface area contributed by atoms with Gasteiger partial charge in [0.2, 0.25) is 0 Å². The second-order valence-corrected chi connectivity index (χ2v) is 11.7. The molecule has 2 aromatic carbocycles. The van der Waals surface area contributed by atoms with Crippen LogP contribution in [0.2, 0.25) is 0 Å². The van der Waals surface area contributed by atoms with E-state index in [1.54, 1.807) is 5.56 Å². The van der Waals surface area contributed by atoms with E-state index in [0.717, 1.165) is 43.9 Å². The highest BCUT2D eigenvalue weighted by Gasteiger charge is 2.35. The topological polar surface area (TPSA) is 23.8 Å². The van der Waals surface area contributed by atoms with Crippen molar-refractivity contribution in [3.63, 3.8) is 0 Å². The van der Waals surface area contributed by atoms with Crippen LogP contribution in [0.5, 0.6) is 0 Å². The van der Waals surface area contributed by atoms with E-state index in [-0.39, 0.29) is 5.41 Å². The lowest BCUT2D eigenvalue weighted by Crippen LogP contribution is -2.25. The van der Waals surface area contributed by atoms with Crippen molar-refractivity contribution in [1.29, 1.82) is 5.26 Å². The van der Waals surface area contributed by atoms with Gasteiger partial charge in [-0.3, -0.25) is 0 Å². The molecule has 35 heavy (non-hydrogen) atoms. The fraction of sp³-hybridized carbons (Fsp3) is 0.618. The molecule has 2 aliphatic carbocycles. The number of unbranched alkanes of at least 4 members (excludes halogenated alkanes) is 3. The second-order valence-electron chi connectivity index (χ2n) is 11.7. The molecule has 1 heteroatoms. The zero-order chi connectivity index (χ0) is 24.5. The van der Waals surface area contributed by atoms with E-state index < -0.39 is 0 Å². The molecule has 0 saturated heterocycles. The van der Waals surface area contributed by atoms with Crippen molar-refractivity contribution >= 4 is 0 Å². The third-order valence-corrected chi connectivity index (χ3v) is 9.35. The summed E-state index contributed by atoms with van der Waals surface area (Å²) in [5, 5.41) is 9.79. The minimum atomic E-state index is -0.0531. The van der Waals surface area contributed by atoms with Gasteiger partial charge in [0.1, 0.15) is 0 Å². The molecule has 0 aliphatic heterocycles. The van der Waals surface area contributed by atoms with Gasteiger partial charge in [0, 0.05) is 0 Å². The van der Waals surface area contributed by atoms with E-state index in [9.17, 15) is 5.26 Å². The predicted octanol–water partition coefficient (Wildman–Crippen LogP) is 10.6. The van der Waals surface area contributed by atoms with Crippen LogP contribution in [0.1, 0.15) is 133 Å². The Balaban J connectivity index is 1.30. The third-order valence-electron chi connectivity index (χ3n) is 9.35. The number of nitrogens with zero attached hydrogens (tertiary/aromatic N) is 1. The van der Waals surface area contributed by atoms with E-state index >= 15 is 0 Å². The Labute approximate surface area is 215 Å². The Morgan fingerprint density at radius 1 is 0.686 bits per heavy atom. The summed E-state index contributed by atoms with van der Waals surface area (Å²) in [4.78, 5) is 0. The van der Waals surface area contributed by atoms with Gasteiger partial charge in [-0.2, -0.15) is 5.26 Å². The molecule has 0 radical (unpaired) electrons. The molecule has 0 heterocycles. The molecule has 188 valence electrons. The van der Waals surface area contributed by atoms with Crippen LogP contribution in [0, 0.1) is 22.7 Å². The summed E-state index contributed by atoms with van der Waals surface area (Å²) in [5.74, 6) is 2.36. The fourth-order valence-electron chi connectivity index (χ4n) is 6.80. The Hall–Kier alpha value is -2.07. The SMILES string of the molecule is CCCCC[C@H]1CC[C@H](c2ccc(-c3ccc([C@H]4CC[C@@](C#N)(CCCC)CC4)cc3)cc2)CC1. The number of hydrogen-bond acceptors (Lipinski definition) is 1. The zero-order valence-electron chi connectivity index (χ0n) is 22.4. The summed E-state index contributed by atoms with van der Waals surface area (Å²) in [5.41, 5.74) is 5.61. The fourth-order valence-corrected chi connectivity index (χ4v) is 6.80. The monoisotopic (exact) mass is 469 g/mol. The van der Waals surface area contributed by atoms with Gasteiger partial charge in [0.05, 0.1) is 11.5 Å². The zero-order valence-corrected chi connectivity index (χ0v) is 22.4. The smallest absolute Gasteiger partial charge is 0.0689 e. The number of rotatable bonds is 10. The van der Waals surface area contributed by atoms with Gasteiger partial charge in [0.25, 0.3) is 0 Å². The van der Waals surface area contributed by atoms with Crippen molar-refractivity contribution in [2.24, 2.45) is 11.3 Å². The average Bonchev–Trinajstić information content (AvgIpc) is 2.93. The number of nitriles is 1. The maximum atomic E-state index is 9.79. The van der Waals surface area contributed by atoms with E-state index in [0.29, 0.717) is 5.92 Å². The summed E-state index contributed by atoms with van der Waals surface area (Å²) in [6, 6.07) is 21.5. The largest absolute Gasteiger partial charge is 0.198 e. The van der Waals surface area contributed by atoms with Gasteiger partial charge in [0.15, 0.2) is 0 Å². The molecule has 1 nitrogen and oxygen atoms in total.